The Kier molecular flexibility index (Phi) is 4.47. The topological polar surface area (TPSA) is 39.2 Å². The predicted octanol–water partition coefficient (Wildman–Crippen LogP) is 3.97. The standard InChI is InChI=1S/C15H13F2NO2S/c1-8(6-13(19)20-3)15-14(18-9(2)21-15)10-4-5-11(16)12(17)7-10/h4-7H,1-3H3/b8-6+. The van der Waals surface area contributed by atoms with E-state index in [1.807, 2.05) is 6.92 Å². The lowest BCUT2D eigenvalue weighted by Crippen LogP contribution is -1.96. The minimum absolute atomic E-state index is 0.464. The van der Waals surface area contributed by atoms with Gasteiger partial charge < -0.3 is 4.74 Å². The molecule has 2 rings (SSSR count). The second-order valence-corrected chi connectivity index (χ2v) is 5.59. The number of aromatic nitrogens is 1. The predicted molar refractivity (Wildman–Crippen MR) is 77.9 cm³/mol. The number of carbonyl (C=O) groups is 1. The number of ether oxygens (including phenoxy) is 1. The van der Waals surface area contributed by atoms with Gasteiger partial charge in [0.05, 0.1) is 22.7 Å². The van der Waals surface area contributed by atoms with Crippen LogP contribution in [0.5, 0.6) is 0 Å². The summed E-state index contributed by atoms with van der Waals surface area (Å²) in [5.41, 5.74) is 1.65. The third kappa shape index (κ3) is 3.33. The maximum absolute atomic E-state index is 13.4. The van der Waals surface area contributed by atoms with Gasteiger partial charge in [-0.1, -0.05) is 0 Å². The van der Waals surface area contributed by atoms with E-state index in [2.05, 4.69) is 9.72 Å². The minimum Gasteiger partial charge on any atom is -0.466 e. The van der Waals surface area contributed by atoms with Crippen molar-refractivity contribution >= 4 is 22.9 Å². The van der Waals surface area contributed by atoms with E-state index in [0.717, 1.165) is 22.0 Å². The normalized spacial score (nSPS) is 11.6. The number of hydrogen-bond acceptors (Lipinski definition) is 4. The largest absolute Gasteiger partial charge is 0.466 e. The lowest BCUT2D eigenvalue weighted by molar-refractivity contribution is -0.134. The van der Waals surface area contributed by atoms with Crippen LogP contribution in [0.4, 0.5) is 8.78 Å². The van der Waals surface area contributed by atoms with E-state index in [0.29, 0.717) is 16.8 Å². The summed E-state index contributed by atoms with van der Waals surface area (Å²) in [4.78, 5) is 16.4. The molecule has 110 valence electrons. The molecular formula is C15H13F2NO2S. The Labute approximate surface area is 124 Å². The summed E-state index contributed by atoms with van der Waals surface area (Å²) in [6.07, 6.45) is 1.34. The molecule has 1 aromatic heterocycles. The van der Waals surface area contributed by atoms with Gasteiger partial charge in [0.25, 0.3) is 0 Å². The van der Waals surface area contributed by atoms with Gasteiger partial charge >= 0.3 is 5.97 Å². The molecule has 0 bridgehead atoms. The number of rotatable bonds is 3. The molecule has 0 radical (unpaired) electrons. The molecule has 0 spiro atoms. The van der Waals surface area contributed by atoms with Crippen molar-refractivity contribution in [3.8, 4) is 11.3 Å². The number of carbonyl (C=O) groups excluding carboxylic acids is 1. The number of esters is 1. The number of nitrogens with zero attached hydrogens (tertiary/aromatic N) is 1. The van der Waals surface area contributed by atoms with E-state index in [-0.39, 0.29) is 0 Å². The molecule has 0 saturated heterocycles. The summed E-state index contributed by atoms with van der Waals surface area (Å²) in [5, 5.41) is 0.766. The molecule has 0 atom stereocenters. The molecule has 1 heterocycles. The Morgan fingerprint density at radius 2 is 2.05 bits per heavy atom. The SMILES string of the molecule is COC(=O)/C=C(\C)c1sc(C)nc1-c1ccc(F)c(F)c1. The van der Waals surface area contributed by atoms with Gasteiger partial charge in [-0.3, -0.25) is 0 Å². The molecule has 0 unspecified atom stereocenters. The first kappa shape index (κ1) is 15.3. The number of hydrogen-bond donors (Lipinski definition) is 0. The third-order valence-electron chi connectivity index (χ3n) is 2.82. The zero-order valence-electron chi connectivity index (χ0n) is 11.7. The van der Waals surface area contributed by atoms with Crippen LogP contribution in [0, 0.1) is 18.6 Å². The second kappa shape index (κ2) is 6.13. The fraction of sp³-hybridized carbons (Fsp3) is 0.200. The fourth-order valence-corrected chi connectivity index (χ4v) is 2.75. The van der Waals surface area contributed by atoms with Crippen LogP contribution in [-0.4, -0.2) is 18.1 Å². The fourth-order valence-electron chi connectivity index (χ4n) is 1.83. The van der Waals surface area contributed by atoms with Crippen molar-refractivity contribution in [2.45, 2.75) is 13.8 Å². The summed E-state index contributed by atoms with van der Waals surface area (Å²) in [7, 11) is 1.29. The Balaban J connectivity index is 2.52. The Morgan fingerprint density at radius 1 is 1.33 bits per heavy atom. The average molecular weight is 309 g/mol. The number of halogens is 2. The van der Waals surface area contributed by atoms with E-state index < -0.39 is 17.6 Å². The van der Waals surface area contributed by atoms with E-state index in [1.165, 1.54) is 30.6 Å². The van der Waals surface area contributed by atoms with Crippen molar-refractivity contribution in [2.75, 3.05) is 7.11 Å². The third-order valence-corrected chi connectivity index (χ3v) is 3.93. The van der Waals surface area contributed by atoms with Gasteiger partial charge in [-0.25, -0.2) is 18.6 Å². The zero-order valence-corrected chi connectivity index (χ0v) is 12.6. The van der Waals surface area contributed by atoms with E-state index in [1.54, 1.807) is 6.92 Å². The van der Waals surface area contributed by atoms with Crippen LogP contribution in [0.15, 0.2) is 24.3 Å². The first-order chi connectivity index (χ1) is 9.92. The lowest BCUT2D eigenvalue weighted by Gasteiger charge is -2.03. The number of benzene rings is 1. The van der Waals surface area contributed by atoms with Gasteiger partial charge in [0.2, 0.25) is 0 Å². The smallest absolute Gasteiger partial charge is 0.330 e. The van der Waals surface area contributed by atoms with Crippen LogP contribution in [0.1, 0.15) is 16.8 Å². The molecule has 21 heavy (non-hydrogen) atoms. The number of methoxy groups -OCH3 is 1. The zero-order chi connectivity index (χ0) is 15.6. The van der Waals surface area contributed by atoms with Crippen LogP contribution in [0.3, 0.4) is 0 Å². The molecular weight excluding hydrogens is 296 g/mol. The van der Waals surface area contributed by atoms with Crippen molar-refractivity contribution in [1.29, 1.82) is 0 Å². The molecule has 0 amide bonds. The summed E-state index contributed by atoms with van der Waals surface area (Å²) >= 11 is 1.38. The molecule has 0 N–H and O–H groups in total. The van der Waals surface area contributed by atoms with Gasteiger partial charge in [0, 0.05) is 11.6 Å². The highest BCUT2D eigenvalue weighted by Gasteiger charge is 2.15. The van der Waals surface area contributed by atoms with Crippen molar-refractivity contribution in [3.63, 3.8) is 0 Å². The molecule has 3 nitrogen and oxygen atoms in total. The molecule has 1 aromatic carbocycles. The molecule has 6 heteroatoms. The van der Waals surface area contributed by atoms with Crippen LogP contribution in [0.2, 0.25) is 0 Å². The van der Waals surface area contributed by atoms with Crippen LogP contribution in [-0.2, 0) is 9.53 Å². The lowest BCUT2D eigenvalue weighted by atomic mass is 10.1. The number of thiazole rings is 1. The molecule has 0 aliphatic carbocycles. The first-order valence-corrected chi connectivity index (χ1v) is 6.93. The monoisotopic (exact) mass is 309 g/mol. The van der Waals surface area contributed by atoms with Crippen molar-refractivity contribution in [3.05, 3.63) is 45.8 Å². The Morgan fingerprint density at radius 3 is 2.67 bits per heavy atom. The first-order valence-electron chi connectivity index (χ1n) is 6.12. The number of aryl methyl sites for hydroxylation is 1. The van der Waals surface area contributed by atoms with Gasteiger partial charge in [-0.2, -0.15) is 0 Å². The summed E-state index contributed by atoms with van der Waals surface area (Å²) in [6, 6.07) is 3.61. The van der Waals surface area contributed by atoms with Crippen molar-refractivity contribution in [1.82, 2.24) is 4.98 Å². The minimum atomic E-state index is -0.932. The van der Waals surface area contributed by atoms with Gasteiger partial charge in [0.1, 0.15) is 0 Å². The van der Waals surface area contributed by atoms with Crippen LogP contribution in [0.25, 0.3) is 16.8 Å². The van der Waals surface area contributed by atoms with E-state index >= 15 is 0 Å². The molecule has 0 aliphatic heterocycles. The van der Waals surface area contributed by atoms with E-state index in [9.17, 15) is 13.6 Å². The average Bonchev–Trinajstić information content (AvgIpc) is 2.83. The number of allylic oxidation sites excluding steroid dienone is 1. The highest BCUT2D eigenvalue weighted by Crippen LogP contribution is 2.33. The van der Waals surface area contributed by atoms with Gasteiger partial charge in [-0.05, 0) is 37.6 Å². The van der Waals surface area contributed by atoms with Crippen molar-refractivity contribution in [2.24, 2.45) is 0 Å². The van der Waals surface area contributed by atoms with Gasteiger partial charge in [-0.15, -0.1) is 11.3 Å². The summed E-state index contributed by atoms with van der Waals surface area (Å²) in [5.74, 6) is -2.32. The Hall–Kier alpha value is -2.08. The quantitative estimate of drug-likeness (QED) is 0.636. The Bertz CT molecular complexity index is 722. The molecule has 0 aliphatic rings. The molecule has 0 fully saturated rings. The molecule has 2 aromatic rings. The maximum atomic E-state index is 13.4. The van der Waals surface area contributed by atoms with E-state index in [4.69, 9.17) is 0 Å². The highest BCUT2D eigenvalue weighted by atomic mass is 32.1. The van der Waals surface area contributed by atoms with Crippen LogP contribution >= 0.6 is 11.3 Å². The van der Waals surface area contributed by atoms with Crippen molar-refractivity contribution < 1.29 is 18.3 Å². The van der Waals surface area contributed by atoms with Crippen LogP contribution < -0.4 is 0 Å². The molecule has 0 saturated carbocycles. The highest BCUT2D eigenvalue weighted by molar-refractivity contribution is 7.13. The second-order valence-electron chi connectivity index (χ2n) is 4.39. The van der Waals surface area contributed by atoms with Gasteiger partial charge in [0.15, 0.2) is 11.6 Å². The summed E-state index contributed by atoms with van der Waals surface area (Å²) < 4.78 is 31.0. The maximum Gasteiger partial charge on any atom is 0.330 e. The summed E-state index contributed by atoms with van der Waals surface area (Å²) in [6.45, 7) is 3.55.